The van der Waals surface area contributed by atoms with Gasteiger partial charge in [0.15, 0.2) is 15.8 Å². The van der Waals surface area contributed by atoms with E-state index in [2.05, 4.69) is 15.9 Å². The molecule has 0 atom stereocenters. The van der Waals surface area contributed by atoms with Crippen LogP contribution in [0.5, 0.6) is 11.5 Å². The van der Waals surface area contributed by atoms with Gasteiger partial charge in [-0.3, -0.25) is 9.69 Å². The summed E-state index contributed by atoms with van der Waals surface area (Å²) in [5.74, 6) is 0.189. The summed E-state index contributed by atoms with van der Waals surface area (Å²) in [6.45, 7) is 4.03. The second-order valence-electron chi connectivity index (χ2n) is 5.84. The number of hydrogen-bond donors (Lipinski definition) is 1. The fourth-order valence-corrected chi connectivity index (χ4v) is 4.30. The number of hydrogen-bond acceptors (Lipinski definition) is 5. The summed E-state index contributed by atoms with van der Waals surface area (Å²) in [4.78, 5) is 14.9. The van der Waals surface area contributed by atoms with Gasteiger partial charge in [0.05, 0.1) is 22.2 Å². The van der Waals surface area contributed by atoms with Gasteiger partial charge >= 0.3 is 0 Å². The molecule has 1 amide bonds. The van der Waals surface area contributed by atoms with Crippen molar-refractivity contribution in [1.82, 2.24) is 0 Å². The molecule has 0 unspecified atom stereocenters. The third-order valence-corrected chi connectivity index (χ3v) is 6.02. The largest absolute Gasteiger partial charge is 0.503 e. The van der Waals surface area contributed by atoms with Crippen molar-refractivity contribution < 1.29 is 14.6 Å². The number of carbonyl (C=O) groups excluding carboxylic acids is 1. The molecular weight excluding hydrogens is 434 g/mol. The van der Waals surface area contributed by atoms with Crippen LogP contribution in [0, 0.1) is 13.8 Å². The van der Waals surface area contributed by atoms with Crippen molar-refractivity contribution in [3.63, 3.8) is 0 Å². The van der Waals surface area contributed by atoms with Crippen LogP contribution in [-0.4, -0.2) is 22.4 Å². The number of halogens is 1. The molecule has 26 heavy (non-hydrogen) atoms. The van der Waals surface area contributed by atoms with Gasteiger partial charge in [0.2, 0.25) is 0 Å². The van der Waals surface area contributed by atoms with Crippen LogP contribution in [0.2, 0.25) is 0 Å². The third kappa shape index (κ3) is 3.51. The van der Waals surface area contributed by atoms with Gasteiger partial charge in [-0.25, -0.2) is 0 Å². The Bertz CT molecular complexity index is 956. The summed E-state index contributed by atoms with van der Waals surface area (Å²) in [5, 5.41) is 9.92. The molecule has 0 radical (unpaired) electrons. The maximum absolute atomic E-state index is 12.9. The highest BCUT2D eigenvalue weighted by atomic mass is 79.9. The Kier molecular flexibility index (Phi) is 5.41. The Morgan fingerprint density at radius 2 is 1.96 bits per heavy atom. The molecule has 0 aromatic heterocycles. The molecule has 0 aliphatic carbocycles. The van der Waals surface area contributed by atoms with E-state index in [4.69, 9.17) is 17.0 Å². The average molecular weight is 450 g/mol. The molecule has 0 spiro atoms. The lowest BCUT2D eigenvalue weighted by molar-refractivity contribution is -0.113. The number of nitrogens with zero attached hydrogens (tertiary/aromatic N) is 1. The number of amides is 1. The Morgan fingerprint density at radius 1 is 1.23 bits per heavy atom. The summed E-state index contributed by atoms with van der Waals surface area (Å²) in [6, 6.07) is 9.23. The smallest absolute Gasteiger partial charge is 0.270 e. The number of rotatable bonds is 3. The Labute approximate surface area is 170 Å². The fraction of sp³-hybridized carbons (Fsp3) is 0.158. The SMILES string of the molecule is COc1cc(C=C2SC(=S)N(c3ccc(C)c(C)c3)C2=O)cc(Br)c1O. The van der Waals surface area contributed by atoms with Gasteiger partial charge in [-0.2, -0.15) is 0 Å². The molecule has 134 valence electrons. The van der Waals surface area contributed by atoms with Gasteiger partial charge in [0, 0.05) is 0 Å². The van der Waals surface area contributed by atoms with Crippen molar-refractivity contribution in [3.8, 4) is 11.5 Å². The Morgan fingerprint density at radius 3 is 2.62 bits per heavy atom. The summed E-state index contributed by atoms with van der Waals surface area (Å²) >= 11 is 9.96. The summed E-state index contributed by atoms with van der Waals surface area (Å²) in [7, 11) is 1.48. The lowest BCUT2D eigenvalue weighted by atomic mass is 10.1. The van der Waals surface area contributed by atoms with Crippen LogP contribution in [0.25, 0.3) is 6.08 Å². The third-order valence-electron chi connectivity index (χ3n) is 4.11. The minimum atomic E-state index is -0.161. The first-order chi connectivity index (χ1) is 12.3. The number of aromatic hydroxyl groups is 1. The first kappa shape index (κ1) is 18.9. The number of benzene rings is 2. The molecule has 1 heterocycles. The van der Waals surface area contributed by atoms with E-state index in [0.29, 0.717) is 19.4 Å². The lowest BCUT2D eigenvalue weighted by Gasteiger charge is -2.16. The van der Waals surface area contributed by atoms with Crippen LogP contribution in [0.15, 0.2) is 39.7 Å². The zero-order chi connectivity index (χ0) is 19.0. The first-order valence-electron chi connectivity index (χ1n) is 7.73. The second kappa shape index (κ2) is 7.42. The van der Waals surface area contributed by atoms with Gasteiger partial charge in [-0.1, -0.05) is 30.0 Å². The zero-order valence-electron chi connectivity index (χ0n) is 14.4. The maximum atomic E-state index is 12.9. The van der Waals surface area contributed by atoms with E-state index >= 15 is 0 Å². The van der Waals surface area contributed by atoms with Crippen molar-refractivity contribution in [1.29, 1.82) is 0 Å². The number of anilines is 1. The highest BCUT2D eigenvalue weighted by molar-refractivity contribution is 9.10. The molecule has 0 saturated carbocycles. The average Bonchev–Trinajstić information content (AvgIpc) is 2.87. The lowest BCUT2D eigenvalue weighted by Crippen LogP contribution is -2.27. The van der Waals surface area contributed by atoms with Crippen molar-refractivity contribution in [2.45, 2.75) is 13.8 Å². The number of thioether (sulfide) groups is 1. The molecule has 1 saturated heterocycles. The molecule has 1 fully saturated rings. The minimum absolute atomic E-state index is 0.0207. The summed E-state index contributed by atoms with van der Waals surface area (Å²) in [6.07, 6.45) is 1.74. The van der Waals surface area contributed by atoms with Crippen molar-refractivity contribution in [3.05, 3.63) is 56.4 Å². The van der Waals surface area contributed by atoms with E-state index in [9.17, 15) is 9.90 Å². The predicted molar refractivity (Wildman–Crippen MR) is 114 cm³/mol. The highest BCUT2D eigenvalue weighted by Crippen LogP contribution is 2.39. The summed E-state index contributed by atoms with van der Waals surface area (Å²) in [5.41, 5.74) is 3.76. The highest BCUT2D eigenvalue weighted by Gasteiger charge is 2.33. The van der Waals surface area contributed by atoms with Gasteiger partial charge < -0.3 is 9.84 Å². The molecule has 1 aliphatic heterocycles. The van der Waals surface area contributed by atoms with E-state index in [0.717, 1.165) is 22.4 Å². The number of ether oxygens (including phenoxy) is 1. The fourth-order valence-electron chi connectivity index (χ4n) is 2.54. The topological polar surface area (TPSA) is 49.8 Å². The molecule has 1 aliphatic rings. The molecule has 2 aromatic rings. The number of phenolic OH excluding ortho intramolecular Hbond substituents is 1. The van der Waals surface area contributed by atoms with E-state index in [1.807, 2.05) is 32.0 Å². The van der Waals surface area contributed by atoms with Crippen LogP contribution < -0.4 is 9.64 Å². The quantitative estimate of drug-likeness (QED) is 0.516. The number of thiocarbonyl (C=S) groups is 1. The number of aryl methyl sites for hydroxylation is 2. The molecule has 1 N–H and O–H groups in total. The molecular formula is C19H16BrNO3S2. The van der Waals surface area contributed by atoms with Crippen LogP contribution in [0.3, 0.4) is 0 Å². The van der Waals surface area contributed by atoms with Crippen LogP contribution in [-0.2, 0) is 4.79 Å². The molecule has 2 aromatic carbocycles. The van der Waals surface area contributed by atoms with Crippen LogP contribution in [0.4, 0.5) is 5.69 Å². The van der Waals surface area contributed by atoms with Crippen LogP contribution in [0.1, 0.15) is 16.7 Å². The molecule has 4 nitrogen and oxygen atoms in total. The Hall–Kier alpha value is -1.83. The number of methoxy groups -OCH3 is 1. The Balaban J connectivity index is 1.97. The maximum Gasteiger partial charge on any atom is 0.270 e. The first-order valence-corrected chi connectivity index (χ1v) is 9.75. The number of phenols is 1. The molecule has 7 heteroatoms. The standard InChI is InChI=1S/C19H16BrNO3S2/c1-10-4-5-13(6-11(10)2)21-18(23)16(26-19(21)25)9-12-7-14(20)17(22)15(8-12)24-3/h4-9,22H,1-3H3. The normalized spacial score (nSPS) is 15.8. The minimum Gasteiger partial charge on any atom is -0.503 e. The van der Waals surface area contributed by atoms with E-state index < -0.39 is 0 Å². The molecule has 0 bridgehead atoms. The van der Waals surface area contributed by atoms with Gasteiger partial charge in [0.25, 0.3) is 5.91 Å². The molecule has 3 rings (SSSR count). The summed E-state index contributed by atoms with van der Waals surface area (Å²) < 4.78 is 6.14. The predicted octanol–water partition coefficient (Wildman–Crippen LogP) is 5.19. The van der Waals surface area contributed by atoms with Crippen molar-refractivity contribution >= 4 is 61.9 Å². The number of carbonyl (C=O) groups is 1. The van der Waals surface area contributed by atoms with Crippen molar-refractivity contribution in [2.75, 3.05) is 12.0 Å². The zero-order valence-corrected chi connectivity index (χ0v) is 17.6. The van der Waals surface area contributed by atoms with Crippen LogP contribution >= 0.6 is 39.9 Å². The van der Waals surface area contributed by atoms with E-state index in [1.165, 1.54) is 18.9 Å². The van der Waals surface area contributed by atoms with Gasteiger partial charge in [-0.05, 0) is 76.8 Å². The van der Waals surface area contributed by atoms with Gasteiger partial charge in [0.1, 0.15) is 0 Å². The van der Waals surface area contributed by atoms with E-state index in [1.54, 1.807) is 23.1 Å². The second-order valence-corrected chi connectivity index (χ2v) is 8.37. The van der Waals surface area contributed by atoms with E-state index in [-0.39, 0.29) is 11.7 Å². The van der Waals surface area contributed by atoms with Crippen molar-refractivity contribution in [2.24, 2.45) is 0 Å². The monoisotopic (exact) mass is 449 g/mol. The van der Waals surface area contributed by atoms with Gasteiger partial charge in [-0.15, -0.1) is 0 Å².